The summed E-state index contributed by atoms with van der Waals surface area (Å²) in [4.78, 5) is 14.6. The lowest BCUT2D eigenvalue weighted by molar-refractivity contribution is 0.0734. The van der Waals surface area contributed by atoms with Gasteiger partial charge < -0.3 is 9.30 Å². The molecule has 27 heavy (non-hydrogen) atoms. The second-order valence-corrected chi connectivity index (χ2v) is 7.69. The molecule has 0 aliphatic heterocycles. The number of pyridine rings is 1. The van der Waals surface area contributed by atoms with Crippen LogP contribution in [0.3, 0.4) is 0 Å². The minimum atomic E-state index is -0.238. The number of aromatic nitrogens is 1. The Hall–Kier alpha value is -2.04. The van der Waals surface area contributed by atoms with E-state index in [1.165, 1.54) is 11.1 Å². The van der Waals surface area contributed by atoms with Crippen molar-refractivity contribution in [2.45, 2.75) is 45.2 Å². The lowest BCUT2D eigenvalue weighted by Gasteiger charge is -2.21. The summed E-state index contributed by atoms with van der Waals surface area (Å²) < 4.78 is 7.74. The van der Waals surface area contributed by atoms with Crippen molar-refractivity contribution in [3.8, 4) is 0 Å². The molecule has 1 heterocycles. The molecular formula is C23H27NO2S. The van der Waals surface area contributed by atoms with Crippen LogP contribution in [0.15, 0.2) is 52.2 Å². The summed E-state index contributed by atoms with van der Waals surface area (Å²) in [6.07, 6.45) is 1.80. The van der Waals surface area contributed by atoms with Gasteiger partial charge in [-0.1, -0.05) is 30.3 Å². The van der Waals surface area contributed by atoms with Gasteiger partial charge >= 0.3 is 0 Å². The minimum absolute atomic E-state index is 0.0416. The van der Waals surface area contributed by atoms with Gasteiger partial charge in [-0.15, -0.1) is 11.8 Å². The highest BCUT2D eigenvalue weighted by Crippen LogP contribution is 2.34. The molecule has 0 amide bonds. The fourth-order valence-corrected chi connectivity index (χ4v) is 4.39. The molecule has 142 valence electrons. The van der Waals surface area contributed by atoms with Crippen LogP contribution >= 0.6 is 11.8 Å². The van der Waals surface area contributed by atoms with Crippen molar-refractivity contribution in [1.82, 2.24) is 4.57 Å². The molecule has 4 heteroatoms. The molecule has 1 unspecified atom stereocenters. The second-order valence-electron chi connectivity index (χ2n) is 6.88. The molecule has 1 atom stereocenters. The molecule has 0 bridgehead atoms. The predicted molar refractivity (Wildman–Crippen MR) is 115 cm³/mol. The van der Waals surface area contributed by atoms with Gasteiger partial charge in [0.2, 0.25) is 0 Å². The predicted octanol–water partition coefficient (Wildman–Crippen LogP) is 5.49. The first-order valence-corrected chi connectivity index (χ1v) is 10.6. The van der Waals surface area contributed by atoms with Crippen molar-refractivity contribution >= 4 is 22.7 Å². The van der Waals surface area contributed by atoms with Crippen molar-refractivity contribution in [3.63, 3.8) is 0 Å². The van der Waals surface area contributed by atoms with Gasteiger partial charge in [-0.05, 0) is 62.8 Å². The molecule has 0 saturated carbocycles. The van der Waals surface area contributed by atoms with Crippen LogP contribution in [0.1, 0.15) is 42.2 Å². The Labute approximate surface area is 165 Å². The van der Waals surface area contributed by atoms with Gasteiger partial charge in [0, 0.05) is 16.9 Å². The zero-order chi connectivity index (χ0) is 19.6. The highest BCUT2D eigenvalue weighted by molar-refractivity contribution is 7.98. The average Bonchev–Trinajstić information content (AvgIpc) is 2.66. The first kappa shape index (κ1) is 19.7. The van der Waals surface area contributed by atoms with Crippen molar-refractivity contribution < 1.29 is 4.74 Å². The van der Waals surface area contributed by atoms with Gasteiger partial charge in [0.25, 0.3) is 5.56 Å². The Morgan fingerprint density at radius 3 is 2.41 bits per heavy atom. The van der Waals surface area contributed by atoms with E-state index in [4.69, 9.17) is 4.74 Å². The molecular weight excluding hydrogens is 354 g/mol. The maximum Gasteiger partial charge on any atom is 0.258 e. The van der Waals surface area contributed by atoms with Crippen molar-refractivity contribution in [1.29, 1.82) is 0 Å². The number of hydrogen-bond donors (Lipinski definition) is 0. The monoisotopic (exact) mass is 381 g/mol. The number of aryl methyl sites for hydroxylation is 2. The third kappa shape index (κ3) is 3.83. The zero-order valence-electron chi connectivity index (χ0n) is 16.7. The Kier molecular flexibility index (Phi) is 6.08. The van der Waals surface area contributed by atoms with Gasteiger partial charge in [-0.25, -0.2) is 0 Å². The standard InChI is InChI=1S/C23H27NO2S/c1-6-26-17(4)21-22(27-5)19-12-15(2)16(3)13-20(19)24(23(21)25)14-18-10-8-7-9-11-18/h7-13,17H,6,14H2,1-5H3. The third-order valence-electron chi connectivity index (χ3n) is 5.08. The summed E-state index contributed by atoms with van der Waals surface area (Å²) in [5.41, 5.74) is 5.34. The number of thioether (sulfide) groups is 1. The average molecular weight is 382 g/mol. The van der Waals surface area contributed by atoms with E-state index < -0.39 is 0 Å². The van der Waals surface area contributed by atoms with Crippen LogP contribution in [-0.2, 0) is 11.3 Å². The van der Waals surface area contributed by atoms with E-state index in [2.05, 4.69) is 38.1 Å². The summed E-state index contributed by atoms with van der Waals surface area (Å²) in [7, 11) is 0. The largest absolute Gasteiger partial charge is 0.374 e. The lowest BCUT2D eigenvalue weighted by atomic mass is 10.0. The van der Waals surface area contributed by atoms with E-state index in [-0.39, 0.29) is 11.7 Å². The number of ether oxygens (including phenoxy) is 1. The first-order valence-electron chi connectivity index (χ1n) is 9.35. The zero-order valence-corrected chi connectivity index (χ0v) is 17.5. The normalized spacial score (nSPS) is 12.5. The smallest absolute Gasteiger partial charge is 0.258 e. The van der Waals surface area contributed by atoms with E-state index in [0.29, 0.717) is 13.2 Å². The first-order chi connectivity index (χ1) is 13.0. The van der Waals surface area contributed by atoms with Crippen LogP contribution < -0.4 is 5.56 Å². The number of rotatable bonds is 6. The van der Waals surface area contributed by atoms with E-state index in [9.17, 15) is 4.79 Å². The van der Waals surface area contributed by atoms with E-state index in [1.54, 1.807) is 11.8 Å². The highest BCUT2D eigenvalue weighted by Gasteiger charge is 2.22. The topological polar surface area (TPSA) is 31.2 Å². The number of benzene rings is 2. The summed E-state index contributed by atoms with van der Waals surface area (Å²) in [6, 6.07) is 14.5. The van der Waals surface area contributed by atoms with Crippen LogP contribution in [0.25, 0.3) is 10.9 Å². The fourth-order valence-electron chi connectivity index (χ4n) is 3.54. The van der Waals surface area contributed by atoms with Crippen molar-refractivity contribution in [3.05, 3.63) is 75.1 Å². The Bertz CT molecular complexity index is 1010. The van der Waals surface area contributed by atoms with Crippen molar-refractivity contribution in [2.24, 2.45) is 0 Å². The Morgan fingerprint density at radius 1 is 1.11 bits per heavy atom. The van der Waals surface area contributed by atoms with Crippen LogP contribution in [0.5, 0.6) is 0 Å². The molecule has 3 aromatic rings. The SMILES string of the molecule is CCOC(C)c1c(SC)c2cc(C)c(C)cc2n(Cc2ccccc2)c1=O. The molecule has 2 aromatic carbocycles. The molecule has 0 fully saturated rings. The van der Waals surface area contributed by atoms with Crippen LogP contribution in [0.2, 0.25) is 0 Å². The summed E-state index contributed by atoms with van der Waals surface area (Å²) in [6.45, 7) is 9.29. The quantitative estimate of drug-likeness (QED) is 0.529. The molecule has 0 aliphatic rings. The van der Waals surface area contributed by atoms with Crippen LogP contribution in [0, 0.1) is 13.8 Å². The molecule has 0 radical (unpaired) electrons. The van der Waals surface area contributed by atoms with Gasteiger partial charge in [0.05, 0.1) is 23.7 Å². The molecule has 3 nitrogen and oxygen atoms in total. The molecule has 3 rings (SSSR count). The molecule has 0 saturated heterocycles. The third-order valence-corrected chi connectivity index (χ3v) is 5.93. The molecule has 0 spiro atoms. The minimum Gasteiger partial charge on any atom is -0.374 e. The summed E-state index contributed by atoms with van der Waals surface area (Å²) in [5.74, 6) is 0. The van der Waals surface area contributed by atoms with Gasteiger partial charge in [-0.3, -0.25) is 4.79 Å². The summed E-state index contributed by atoms with van der Waals surface area (Å²) in [5, 5.41) is 1.13. The lowest BCUT2D eigenvalue weighted by Crippen LogP contribution is -2.28. The Balaban J connectivity index is 2.36. The van der Waals surface area contributed by atoms with Gasteiger partial charge in [-0.2, -0.15) is 0 Å². The fraction of sp³-hybridized carbons (Fsp3) is 0.348. The second kappa shape index (κ2) is 8.32. The highest BCUT2D eigenvalue weighted by atomic mass is 32.2. The number of hydrogen-bond acceptors (Lipinski definition) is 3. The van der Waals surface area contributed by atoms with Crippen molar-refractivity contribution in [2.75, 3.05) is 12.9 Å². The van der Waals surface area contributed by atoms with Crippen LogP contribution in [-0.4, -0.2) is 17.4 Å². The van der Waals surface area contributed by atoms with E-state index in [1.807, 2.05) is 42.9 Å². The molecule has 0 N–H and O–H groups in total. The Morgan fingerprint density at radius 2 is 1.78 bits per heavy atom. The van der Waals surface area contributed by atoms with E-state index >= 15 is 0 Å². The summed E-state index contributed by atoms with van der Waals surface area (Å²) >= 11 is 1.63. The van der Waals surface area contributed by atoms with Crippen LogP contribution in [0.4, 0.5) is 0 Å². The van der Waals surface area contributed by atoms with E-state index in [0.717, 1.165) is 26.9 Å². The number of fused-ring (bicyclic) bond motifs is 1. The van der Waals surface area contributed by atoms with Gasteiger partial charge in [0.1, 0.15) is 0 Å². The molecule has 1 aromatic heterocycles. The number of nitrogens with zero attached hydrogens (tertiary/aromatic N) is 1. The molecule has 0 aliphatic carbocycles. The maximum absolute atomic E-state index is 13.5. The maximum atomic E-state index is 13.5. The van der Waals surface area contributed by atoms with Gasteiger partial charge in [0.15, 0.2) is 0 Å².